The molecule has 0 saturated carbocycles. The van der Waals surface area contributed by atoms with Crippen LogP contribution in [0.3, 0.4) is 0 Å². The maximum Gasteiger partial charge on any atom is 0.0278 e. The van der Waals surface area contributed by atoms with Crippen molar-refractivity contribution in [3.05, 3.63) is 0 Å². The largest absolute Gasteiger partial charge is 0.0737 e. The zero-order valence-corrected chi connectivity index (χ0v) is 6.71. The first-order valence-electron chi connectivity index (χ1n) is 2.31. The van der Waals surface area contributed by atoms with Gasteiger partial charge in [0.25, 0.3) is 0 Å². The van der Waals surface area contributed by atoms with Gasteiger partial charge in [0.2, 0.25) is 0 Å². The van der Waals surface area contributed by atoms with Crippen LogP contribution in [0.2, 0.25) is 19.1 Å². The van der Waals surface area contributed by atoms with Crippen molar-refractivity contribution in [1.82, 2.24) is 0 Å². The molecule has 0 aromatic heterocycles. The second kappa shape index (κ2) is 3.62. The highest BCUT2D eigenvalue weighted by atomic mass is 29.2. The molecule has 0 amide bonds. The summed E-state index contributed by atoms with van der Waals surface area (Å²) < 4.78 is 0. The first kappa shape index (κ1) is 6.43. The molecular weight excluding hydrogens is 104 g/mol. The molecule has 0 aliphatic heterocycles. The second-order valence-corrected chi connectivity index (χ2v) is 8.65. The van der Waals surface area contributed by atoms with Crippen LogP contribution in [-0.2, 0) is 0 Å². The summed E-state index contributed by atoms with van der Waals surface area (Å²) in [6, 6.07) is 1.40. The fraction of sp³-hybridized carbons (Fsp3) is 1.00. The molecule has 0 aliphatic rings. The molecule has 0 spiro atoms. The van der Waals surface area contributed by atoms with Gasteiger partial charge in [-0.05, 0) is 0 Å². The Bertz CT molecular complexity index is 26.7. The van der Waals surface area contributed by atoms with Crippen LogP contribution < -0.4 is 0 Å². The van der Waals surface area contributed by atoms with E-state index in [4.69, 9.17) is 0 Å². The molecule has 2 heteroatoms. The van der Waals surface area contributed by atoms with Crippen LogP contribution in [0.5, 0.6) is 0 Å². The van der Waals surface area contributed by atoms with Crippen LogP contribution in [0.15, 0.2) is 0 Å². The van der Waals surface area contributed by atoms with Gasteiger partial charge in [-0.1, -0.05) is 26.1 Å². The van der Waals surface area contributed by atoms with Crippen LogP contribution in [0, 0.1) is 0 Å². The Labute approximate surface area is 44.2 Å². The van der Waals surface area contributed by atoms with E-state index in [0.717, 1.165) is 0 Å². The van der Waals surface area contributed by atoms with E-state index in [1.165, 1.54) is 15.1 Å². The summed E-state index contributed by atoms with van der Waals surface area (Å²) in [6.07, 6.45) is 0. The van der Waals surface area contributed by atoms with E-state index in [9.17, 15) is 0 Å². The van der Waals surface area contributed by atoms with E-state index in [2.05, 4.69) is 20.0 Å². The standard InChI is InChI=1S/C4H11Si2/c1-4-5-6(2)3/h4H2,1-3H3. The van der Waals surface area contributed by atoms with Crippen LogP contribution in [0.4, 0.5) is 0 Å². The predicted molar refractivity (Wildman–Crippen MR) is 33.7 cm³/mol. The van der Waals surface area contributed by atoms with E-state index >= 15 is 0 Å². The molecule has 0 unspecified atom stereocenters. The van der Waals surface area contributed by atoms with Crippen molar-refractivity contribution in [3.63, 3.8) is 0 Å². The lowest BCUT2D eigenvalue weighted by Crippen LogP contribution is -2.09. The van der Waals surface area contributed by atoms with Crippen molar-refractivity contribution in [3.8, 4) is 0 Å². The number of hydrogen-bond donors (Lipinski definition) is 0. The third kappa shape index (κ3) is 4.43. The second-order valence-electron chi connectivity index (χ2n) is 1.53. The summed E-state index contributed by atoms with van der Waals surface area (Å²) in [7, 11) is 1.42. The molecule has 0 nitrogen and oxygen atoms in total. The maximum atomic E-state index is 2.37. The Hall–Kier alpha value is 0.434. The van der Waals surface area contributed by atoms with Crippen LogP contribution >= 0.6 is 0 Å². The molecule has 6 heavy (non-hydrogen) atoms. The highest BCUT2D eigenvalue weighted by Crippen LogP contribution is 1.79. The van der Waals surface area contributed by atoms with E-state index in [0.29, 0.717) is 0 Å². The average molecular weight is 115 g/mol. The topological polar surface area (TPSA) is 0 Å². The zero-order chi connectivity index (χ0) is 4.99. The third-order valence-electron chi connectivity index (χ3n) is 0.530. The van der Waals surface area contributed by atoms with Gasteiger partial charge in [-0.25, -0.2) is 0 Å². The molecule has 0 rings (SSSR count). The van der Waals surface area contributed by atoms with Crippen LogP contribution in [-0.4, -0.2) is 17.4 Å². The lowest BCUT2D eigenvalue weighted by Gasteiger charge is -1.91. The Balaban J connectivity index is 2.63. The Morgan fingerprint density at radius 2 is 2.00 bits per heavy atom. The Morgan fingerprint density at radius 3 is 2.00 bits per heavy atom. The molecule has 0 atom stereocenters. The van der Waals surface area contributed by atoms with Gasteiger partial charge >= 0.3 is 0 Å². The van der Waals surface area contributed by atoms with Gasteiger partial charge in [0.15, 0.2) is 0 Å². The maximum absolute atomic E-state index is 2.37. The Kier molecular flexibility index (Phi) is 3.88. The third-order valence-corrected chi connectivity index (χ3v) is 4.77. The molecule has 0 N–H and O–H groups in total. The Morgan fingerprint density at radius 1 is 1.50 bits per heavy atom. The first-order valence-corrected chi connectivity index (χ1v) is 7.02. The van der Waals surface area contributed by atoms with Crippen molar-refractivity contribution in [1.29, 1.82) is 0 Å². The van der Waals surface area contributed by atoms with E-state index < -0.39 is 0 Å². The molecule has 0 bridgehead atoms. The molecule has 0 fully saturated rings. The van der Waals surface area contributed by atoms with Crippen LogP contribution in [0.25, 0.3) is 0 Å². The highest BCUT2D eigenvalue weighted by molar-refractivity contribution is 7.11. The summed E-state index contributed by atoms with van der Waals surface area (Å²) in [6.45, 7) is 7.00. The summed E-state index contributed by atoms with van der Waals surface area (Å²) >= 11 is 0. The monoisotopic (exact) mass is 115 g/mol. The van der Waals surface area contributed by atoms with Crippen molar-refractivity contribution in [2.75, 3.05) is 0 Å². The van der Waals surface area contributed by atoms with E-state index in [-0.39, 0.29) is 8.31 Å². The van der Waals surface area contributed by atoms with Gasteiger partial charge in [0.1, 0.15) is 0 Å². The first-order chi connectivity index (χ1) is 2.77. The van der Waals surface area contributed by atoms with Crippen molar-refractivity contribution in [2.45, 2.75) is 26.1 Å². The molecule has 0 aromatic rings. The smallest absolute Gasteiger partial charge is 0.0278 e. The number of hydrogen-bond acceptors (Lipinski definition) is 0. The fourth-order valence-corrected chi connectivity index (χ4v) is 3.18. The normalized spacial score (nSPS) is 10.0. The number of rotatable bonds is 2. The van der Waals surface area contributed by atoms with Gasteiger partial charge < -0.3 is 0 Å². The molecule has 0 heterocycles. The minimum absolute atomic E-state index is 0.142. The van der Waals surface area contributed by atoms with Crippen LogP contribution in [0.1, 0.15) is 6.92 Å². The molecule has 0 aliphatic carbocycles. The summed E-state index contributed by atoms with van der Waals surface area (Å²) in [5.74, 6) is 0. The highest BCUT2D eigenvalue weighted by Gasteiger charge is 1.90. The van der Waals surface area contributed by atoms with Gasteiger partial charge in [-0.15, -0.1) is 0 Å². The lowest BCUT2D eigenvalue weighted by molar-refractivity contribution is 1.47. The average Bonchev–Trinajstić information content (AvgIpc) is 1.35. The molecule has 0 aromatic carbocycles. The van der Waals surface area contributed by atoms with Gasteiger partial charge in [-0.3, -0.25) is 0 Å². The van der Waals surface area contributed by atoms with Crippen molar-refractivity contribution in [2.24, 2.45) is 0 Å². The minimum atomic E-state index is 0.142. The van der Waals surface area contributed by atoms with Gasteiger partial charge in [0.05, 0.1) is 0 Å². The fourth-order valence-electron chi connectivity index (χ4n) is 0.354. The van der Waals surface area contributed by atoms with Crippen molar-refractivity contribution < 1.29 is 0 Å². The molecule has 0 saturated heterocycles. The molecule has 3 radical (unpaired) electrons. The molecular formula is C4H11Si2. The predicted octanol–water partition coefficient (Wildman–Crippen LogP) is 1.38. The van der Waals surface area contributed by atoms with Gasteiger partial charge in [-0.2, -0.15) is 0 Å². The van der Waals surface area contributed by atoms with Gasteiger partial charge in [0, 0.05) is 17.4 Å². The summed E-state index contributed by atoms with van der Waals surface area (Å²) in [5, 5.41) is 0. The van der Waals surface area contributed by atoms with E-state index in [1.54, 1.807) is 0 Å². The summed E-state index contributed by atoms with van der Waals surface area (Å²) in [4.78, 5) is 0. The van der Waals surface area contributed by atoms with Crippen molar-refractivity contribution >= 4 is 17.4 Å². The summed E-state index contributed by atoms with van der Waals surface area (Å²) in [5.41, 5.74) is 0. The van der Waals surface area contributed by atoms with E-state index in [1.807, 2.05) is 0 Å². The lowest BCUT2D eigenvalue weighted by atomic mass is 11.0. The quantitative estimate of drug-likeness (QED) is 0.477. The SMILES string of the molecule is CC[Si][Si](C)C. The zero-order valence-electron chi connectivity index (χ0n) is 4.71. The molecule has 35 valence electrons. The minimum Gasteiger partial charge on any atom is -0.0737 e.